The largest absolute Gasteiger partial charge is 0.378 e. The summed E-state index contributed by atoms with van der Waals surface area (Å²) in [6, 6.07) is 8.81. The van der Waals surface area contributed by atoms with Gasteiger partial charge in [-0.05, 0) is 5.56 Å². The van der Waals surface area contributed by atoms with Crippen molar-refractivity contribution in [2.24, 2.45) is 0 Å². The molecule has 0 aliphatic carbocycles. The second kappa shape index (κ2) is 9.56. The van der Waals surface area contributed by atoms with Crippen molar-refractivity contribution in [3.8, 4) is 12.3 Å². The smallest absolute Gasteiger partial charge is 0.245 e. The van der Waals surface area contributed by atoms with Gasteiger partial charge in [-0.1, -0.05) is 30.3 Å². The molecule has 1 aromatic carbocycles. The molecule has 0 saturated heterocycles. The van der Waals surface area contributed by atoms with Gasteiger partial charge in [0.1, 0.15) is 6.04 Å². The lowest BCUT2D eigenvalue weighted by atomic mass is 10.2. The number of benzene rings is 1. The minimum absolute atomic E-state index is 0.0991. The van der Waals surface area contributed by atoms with Gasteiger partial charge in [0.2, 0.25) is 11.8 Å². The van der Waals surface area contributed by atoms with Gasteiger partial charge in [0.15, 0.2) is 0 Å². The highest BCUT2D eigenvalue weighted by Gasteiger charge is 2.19. The van der Waals surface area contributed by atoms with Gasteiger partial charge < -0.3 is 15.4 Å². The summed E-state index contributed by atoms with van der Waals surface area (Å²) in [5, 5.41) is 5.34. The standard InChI is InChI=1S/C16H20N2O3/c1-3-4-10-21-12-15(18-13(2)19)16(20)17-11-14-8-6-5-7-9-14/h1,5-9,15H,4,10-12H2,2H3,(H,17,20)(H,18,19)/t15-/m1/s1. The Morgan fingerprint density at radius 3 is 2.67 bits per heavy atom. The van der Waals surface area contributed by atoms with Gasteiger partial charge in [-0.3, -0.25) is 9.59 Å². The number of carbonyl (C=O) groups is 2. The Bertz CT molecular complexity index is 494. The summed E-state index contributed by atoms with van der Waals surface area (Å²) in [5.41, 5.74) is 0.987. The molecule has 2 N–H and O–H groups in total. The number of ether oxygens (including phenoxy) is 1. The van der Waals surface area contributed by atoms with Crippen molar-refractivity contribution in [3.05, 3.63) is 35.9 Å². The second-order valence-corrected chi connectivity index (χ2v) is 4.49. The van der Waals surface area contributed by atoms with Crippen LogP contribution < -0.4 is 10.6 Å². The van der Waals surface area contributed by atoms with Crippen molar-refractivity contribution in [2.45, 2.75) is 25.9 Å². The molecular weight excluding hydrogens is 268 g/mol. The molecule has 21 heavy (non-hydrogen) atoms. The number of nitrogens with one attached hydrogen (secondary N) is 2. The van der Waals surface area contributed by atoms with Gasteiger partial charge in [-0.25, -0.2) is 0 Å². The average Bonchev–Trinajstić information content (AvgIpc) is 2.48. The van der Waals surface area contributed by atoms with Gasteiger partial charge in [-0.2, -0.15) is 0 Å². The first-order chi connectivity index (χ1) is 10.1. The van der Waals surface area contributed by atoms with Crippen LogP contribution in [0.4, 0.5) is 0 Å². The lowest BCUT2D eigenvalue weighted by Gasteiger charge is -2.17. The Morgan fingerprint density at radius 2 is 2.05 bits per heavy atom. The Hall–Kier alpha value is -2.32. The summed E-state index contributed by atoms with van der Waals surface area (Å²) >= 11 is 0. The van der Waals surface area contributed by atoms with E-state index in [0.717, 1.165) is 5.56 Å². The first-order valence-electron chi connectivity index (χ1n) is 6.73. The number of terminal acetylenes is 1. The van der Waals surface area contributed by atoms with Gasteiger partial charge in [0.05, 0.1) is 13.2 Å². The molecule has 0 bridgehead atoms. The molecule has 0 aliphatic rings. The molecule has 0 heterocycles. The lowest BCUT2D eigenvalue weighted by molar-refractivity contribution is -0.129. The van der Waals surface area contributed by atoms with E-state index >= 15 is 0 Å². The van der Waals surface area contributed by atoms with Gasteiger partial charge in [0, 0.05) is 19.9 Å². The van der Waals surface area contributed by atoms with Crippen molar-refractivity contribution in [3.63, 3.8) is 0 Å². The van der Waals surface area contributed by atoms with Crippen LogP contribution in [0.25, 0.3) is 0 Å². The number of carbonyl (C=O) groups excluding carboxylic acids is 2. The number of hydrogen-bond acceptors (Lipinski definition) is 3. The van der Waals surface area contributed by atoms with Crippen molar-refractivity contribution in [1.82, 2.24) is 10.6 Å². The summed E-state index contributed by atoms with van der Waals surface area (Å²) in [6.07, 6.45) is 5.59. The molecular formula is C16H20N2O3. The third-order valence-corrected chi connectivity index (χ3v) is 2.68. The number of hydrogen-bond donors (Lipinski definition) is 2. The zero-order valence-electron chi connectivity index (χ0n) is 12.1. The highest BCUT2D eigenvalue weighted by atomic mass is 16.5. The first kappa shape index (κ1) is 16.7. The predicted octanol–water partition coefficient (Wildman–Crippen LogP) is 0.847. The van der Waals surface area contributed by atoms with Crippen LogP contribution in [-0.2, 0) is 20.9 Å². The fraction of sp³-hybridized carbons (Fsp3) is 0.375. The van der Waals surface area contributed by atoms with E-state index in [1.165, 1.54) is 6.92 Å². The Labute approximate surface area is 125 Å². The van der Waals surface area contributed by atoms with Crippen LogP contribution in [0.2, 0.25) is 0 Å². The molecule has 0 aromatic heterocycles. The van der Waals surface area contributed by atoms with Crippen LogP contribution in [0.5, 0.6) is 0 Å². The fourth-order valence-corrected chi connectivity index (χ4v) is 1.67. The molecule has 112 valence electrons. The zero-order valence-corrected chi connectivity index (χ0v) is 12.1. The van der Waals surface area contributed by atoms with E-state index in [1.807, 2.05) is 30.3 Å². The van der Waals surface area contributed by atoms with Gasteiger partial charge in [0.25, 0.3) is 0 Å². The maximum atomic E-state index is 12.1. The van der Waals surface area contributed by atoms with E-state index in [0.29, 0.717) is 19.6 Å². The average molecular weight is 288 g/mol. The molecule has 5 heteroatoms. The summed E-state index contributed by atoms with van der Waals surface area (Å²) in [4.78, 5) is 23.2. The van der Waals surface area contributed by atoms with Crippen molar-refractivity contribution < 1.29 is 14.3 Å². The third-order valence-electron chi connectivity index (χ3n) is 2.68. The first-order valence-corrected chi connectivity index (χ1v) is 6.73. The number of amides is 2. The van der Waals surface area contributed by atoms with E-state index in [2.05, 4.69) is 16.6 Å². The van der Waals surface area contributed by atoms with Crippen molar-refractivity contribution >= 4 is 11.8 Å². The van der Waals surface area contributed by atoms with E-state index in [4.69, 9.17) is 11.2 Å². The van der Waals surface area contributed by atoms with Gasteiger partial charge in [-0.15, -0.1) is 12.3 Å². The molecule has 0 unspecified atom stereocenters. The maximum Gasteiger partial charge on any atom is 0.245 e. The summed E-state index contributed by atoms with van der Waals surface area (Å²) < 4.78 is 5.29. The SMILES string of the molecule is C#CCCOC[C@@H](NC(C)=O)C(=O)NCc1ccccc1. The van der Waals surface area contributed by atoms with Crippen LogP contribution in [-0.4, -0.2) is 31.1 Å². The molecule has 0 fully saturated rings. The topological polar surface area (TPSA) is 67.4 Å². The van der Waals surface area contributed by atoms with Crippen LogP contribution in [0, 0.1) is 12.3 Å². The van der Waals surface area contributed by atoms with Crippen LogP contribution in [0.15, 0.2) is 30.3 Å². The Kier molecular flexibility index (Phi) is 7.62. The molecule has 1 rings (SSSR count). The Morgan fingerprint density at radius 1 is 1.33 bits per heavy atom. The molecule has 0 saturated carbocycles. The quantitative estimate of drug-likeness (QED) is 0.550. The van der Waals surface area contributed by atoms with Gasteiger partial charge >= 0.3 is 0 Å². The lowest BCUT2D eigenvalue weighted by Crippen LogP contribution is -2.48. The normalized spacial score (nSPS) is 11.2. The molecule has 5 nitrogen and oxygen atoms in total. The van der Waals surface area contributed by atoms with Crippen molar-refractivity contribution in [2.75, 3.05) is 13.2 Å². The van der Waals surface area contributed by atoms with E-state index in [9.17, 15) is 9.59 Å². The molecule has 2 amide bonds. The van der Waals surface area contributed by atoms with E-state index in [1.54, 1.807) is 0 Å². The van der Waals surface area contributed by atoms with Crippen LogP contribution in [0.3, 0.4) is 0 Å². The maximum absolute atomic E-state index is 12.1. The predicted molar refractivity (Wildman–Crippen MR) is 80.2 cm³/mol. The zero-order chi connectivity index (χ0) is 15.5. The minimum Gasteiger partial charge on any atom is -0.378 e. The summed E-state index contributed by atoms with van der Waals surface area (Å²) in [7, 11) is 0. The van der Waals surface area contributed by atoms with E-state index in [-0.39, 0.29) is 18.4 Å². The highest BCUT2D eigenvalue weighted by molar-refractivity contribution is 5.86. The number of rotatable bonds is 8. The summed E-state index contributed by atoms with van der Waals surface area (Å²) in [5.74, 6) is 1.88. The monoisotopic (exact) mass is 288 g/mol. The highest BCUT2D eigenvalue weighted by Crippen LogP contribution is 1.98. The molecule has 0 aliphatic heterocycles. The molecule has 0 spiro atoms. The third kappa shape index (κ3) is 7.14. The van der Waals surface area contributed by atoms with Crippen LogP contribution >= 0.6 is 0 Å². The summed E-state index contributed by atoms with van der Waals surface area (Å²) in [6.45, 7) is 2.22. The van der Waals surface area contributed by atoms with Crippen LogP contribution in [0.1, 0.15) is 18.9 Å². The fourth-order valence-electron chi connectivity index (χ4n) is 1.67. The second-order valence-electron chi connectivity index (χ2n) is 4.49. The molecule has 0 radical (unpaired) electrons. The minimum atomic E-state index is -0.719. The molecule has 1 atom stereocenters. The Balaban J connectivity index is 2.46. The van der Waals surface area contributed by atoms with E-state index < -0.39 is 6.04 Å². The molecule has 1 aromatic rings. The van der Waals surface area contributed by atoms with Crippen molar-refractivity contribution in [1.29, 1.82) is 0 Å².